The van der Waals surface area contributed by atoms with E-state index < -0.39 is 0 Å². The van der Waals surface area contributed by atoms with Gasteiger partial charge in [-0.2, -0.15) is 4.98 Å². The van der Waals surface area contributed by atoms with Crippen LogP contribution >= 0.6 is 23.2 Å². The highest BCUT2D eigenvalue weighted by Crippen LogP contribution is 2.30. The van der Waals surface area contributed by atoms with Crippen molar-refractivity contribution in [3.8, 4) is 0 Å². The highest BCUT2D eigenvalue weighted by Gasteiger charge is 2.28. The topological polar surface area (TPSA) is 62.1 Å². The minimum absolute atomic E-state index is 0.0832. The van der Waals surface area contributed by atoms with Gasteiger partial charge in [0.05, 0.1) is 6.10 Å². The zero-order valence-corrected chi connectivity index (χ0v) is 10.3. The SMILES string of the molecule is CN(CC1CC(O)C1)c1nc(Cl)nnc1Cl. The first kappa shape index (κ1) is 11.8. The van der Waals surface area contributed by atoms with Crippen LogP contribution in [0.15, 0.2) is 0 Å². The van der Waals surface area contributed by atoms with E-state index in [9.17, 15) is 5.11 Å². The number of anilines is 1. The van der Waals surface area contributed by atoms with Crippen LogP contribution in [0.5, 0.6) is 0 Å². The van der Waals surface area contributed by atoms with Gasteiger partial charge in [-0.3, -0.25) is 0 Å². The van der Waals surface area contributed by atoms with Crippen molar-refractivity contribution < 1.29 is 5.11 Å². The maximum atomic E-state index is 9.20. The van der Waals surface area contributed by atoms with E-state index in [1.165, 1.54) is 0 Å². The summed E-state index contributed by atoms with van der Waals surface area (Å²) in [4.78, 5) is 5.91. The van der Waals surface area contributed by atoms with E-state index in [0.717, 1.165) is 19.4 Å². The zero-order chi connectivity index (χ0) is 11.7. The Kier molecular flexibility index (Phi) is 3.47. The molecule has 0 radical (unpaired) electrons. The minimum Gasteiger partial charge on any atom is -0.393 e. The summed E-state index contributed by atoms with van der Waals surface area (Å²) in [5, 5.41) is 16.8. The van der Waals surface area contributed by atoms with Crippen molar-refractivity contribution in [2.75, 3.05) is 18.5 Å². The number of aliphatic hydroxyl groups excluding tert-OH is 1. The Balaban J connectivity index is 2.02. The quantitative estimate of drug-likeness (QED) is 0.892. The van der Waals surface area contributed by atoms with Crippen LogP contribution in [-0.4, -0.2) is 40.0 Å². The average molecular weight is 263 g/mol. The fourth-order valence-corrected chi connectivity index (χ4v) is 2.19. The molecule has 1 heterocycles. The maximum Gasteiger partial charge on any atom is 0.245 e. The van der Waals surface area contributed by atoms with Crippen LogP contribution in [-0.2, 0) is 0 Å². The van der Waals surface area contributed by atoms with Crippen molar-refractivity contribution in [1.82, 2.24) is 15.2 Å². The molecule has 1 aromatic rings. The summed E-state index contributed by atoms with van der Waals surface area (Å²) in [5.74, 6) is 1.01. The van der Waals surface area contributed by atoms with Crippen LogP contribution in [0.25, 0.3) is 0 Å². The second-order valence-corrected chi connectivity index (χ2v) is 4.76. The molecule has 0 aliphatic heterocycles. The molecular weight excluding hydrogens is 251 g/mol. The predicted molar refractivity (Wildman–Crippen MR) is 61.8 cm³/mol. The Morgan fingerprint density at radius 2 is 2.06 bits per heavy atom. The van der Waals surface area contributed by atoms with E-state index in [4.69, 9.17) is 23.2 Å². The Labute approximate surface area is 103 Å². The third-order valence-electron chi connectivity index (χ3n) is 2.71. The van der Waals surface area contributed by atoms with E-state index in [0.29, 0.717) is 11.7 Å². The molecule has 1 aliphatic rings. The van der Waals surface area contributed by atoms with Crippen molar-refractivity contribution >= 4 is 29.0 Å². The van der Waals surface area contributed by atoms with Gasteiger partial charge in [0.2, 0.25) is 5.28 Å². The fraction of sp³-hybridized carbons (Fsp3) is 0.667. The molecule has 0 spiro atoms. The van der Waals surface area contributed by atoms with Gasteiger partial charge in [0, 0.05) is 13.6 Å². The van der Waals surface area contributed by atoms with Crippen LogP contribution in [0, 0.1) is 5.92 Å². The van der Waals surface area contributed by atoms with Gasteiger partial charge in [-0.1, -0.05) is 11.6 Å². The third-order valence-corrected chi connectivity index (χ3v) is 3.11. The summed E-state index contributed by atoms with van der Waals surface area (Å²) in [5.41, 5.74) is 0. The minimum atomic E-state index is -0.152. The summed E-state index contributed by atoms with van der Waals surface area (Å²) in [7, 11) is 1.87. The number of aromatic nitrogens is 3. The molecule has 1 aliphatic carbocycles. The molecule has 1 N–H and O–H groups in total. The van der Waals surface area contributed by atoms with Gasteiger partial charge < -0.3 is 10.0 Å². The molecule has 7 heteroatoms. The summed E-state index contributed by atoms with van der Waals surface area (Å²) in [6.45, 7) is 0.784. The van der Waals surface area contributed by atoms with Crippen molar-refractivity contribution in [1.29, 1.82) is 0 Å². The Bertz CT molecular complexity index is 384. The molecule has 88 valence electrons. The number of hydrogen-bond donors (Lipinski definition) is 1. The average Bonchev–Trinajstić information content (AvgIpc) is 2.19. The zero-order valence-electron chi connectivity index (χ0n) is 8.77. The lowest BCUT2D eigenvalue weighted by Crippen LogP contribution is -2.37. The first-order chi connectivity index (χ1) is 7.56. The largest absolute Gasteiger partial charge is 0.393 e. The number of aliphatic hydroxyl groups is 1. The number of halogens is 2. The van der Waals surface area contributed by atoms with Crippen LogP contribution < -0.4 is 4.90 Å². The van der Waals surface area contributed by atoms with Gasteiger partial charge in [0.1, 0.15) is 0 Å². The van der Waals surface area contributed by atoms with Crippen molar-refractivity contribution in [2.45, 2.75) is 18.9 Å². The van der Waals surface area contributed by atoms with E-state index in [-0.39, 0.29) is 16.5 Å². The number of hydrogen-bond acceptors (Lipinski definition) is 5. The normalized spacial score (nSPS) is 24.0. The molecule has 0 atom stereocenters. The molecule has 16 heavy (non-hydrogen) atoms. The summed E-state index contributed by atoms with van der Waals surface area (Å²) >= 11 is 11.5. The van der Waals surface area contributed by atoms with Gasteiger partial charge in [-0.05, 0) is 30.4 Å². The second kappa shape index (κ2) is 4.69. The molecule has 1 aromatic heterocycles. The molecule has 5 nitrogen and oxygen atoms in total. The first-order valence-electron chi connectivity index (χ1n) is 5.01. The van der Waals surface area contributed by atoms with Gasteiger partial charge in [0.25, 0.3) is 0 Å². The van der Waals surface area contributed by atoms with Crippen LogP contribution in [0.2, 0.25) is 10.4 Å². The number of nitrogens with zero attached hydrogens (tertiary/aromatic N) is 4. The molecule has 0 saturated heterocycles. The van der Waals surface area contributed by atoms with Crippen molar-refractivity contribution in [3.63, 3.8) is 0 Å². The van der Waals surface area contributed by atoms with Crippen LogP contribution in [0.4, 0.5) is 5.82 Å². The lowest BCUT2D eigenvalue weighted by Gasteiger charge is -2.34. The summed E-state index contributed by atoms with van der Waals surface area (Å²) in [6, 6.07) is 0. The molecule has 0 amide bonds. The van der Waals surface area contributed by atoms with Gasteiger partial charge in [-0.15, -0.1) is 10.2 Å². The van der Waals surface area contributed by atoms with Crippen molar-refractivity contribution in [3.05, 3.63) is 10.4 Å². The van der Waals surface area contributed by atoms with Crippen LogP contribution in [0.3, 0.4) is 0 Å². The summed E-state index contributed by atoms with van der Waals surface area (Å²) < 4.78 is 0. The highest BCUT2D eigenvalue weighted by molar-refractivity contribution is 6.32. The Hall–Kier alpha value is -0.650. The van der Waals surface area contributed by atoms with Gasteiger partial charge >= 0.3 is 0 Å². The van der Waals surface area contributed by atoms with E-state index in [1.807, 2.05) is 11.9 Å². The van der Waals surface area contributed by atoms with E-state index in [2.05, 4.69) is 15.2 Å². The molecule has 0 unspecified atom stereocenters. The maximum absolute atomic E-state index is 9.20. The molecular formula is C9H12Cl2N4O. The fourth-order valence-electron chi connectivity index (χ4n) is 1.85. The molecule has 1 fully saturated rings. The first-order valence-corrected chi connectivity index (χ1v) is 5.76. The van der Waals surface area contributed by atoms with E-state index >= 15 is 0 Å². The third kappa shape index (κ3) is 2.53. The van der Waals surface area contributed by atoms with Gasteiger partial charge in [-0.25, -0.2) is 0 Å². The monoisotopic (exact) mass is 262 g/mol. The Morgan fingerprint density at radius 1 is 1.38 bits per heavy atom. The predicted octanol–water partition coefficient (Wildman–Crippen LogP) is 1.39. The standard InChI is InChI=1S/C9H12Cl2N4O/c1-15(4-5-2-6(16)3-5)8-7(10)13-14-9(11)12-8/h5-6,16H,2-4H2,1H3. The molecule has 0 aromatic carbocycles. The smallest absolute Gasteiger partial charge is 0.245 e. The number of rotatable bonds is 3. The van der Waals surface area contributed by atoms with Gasteiger partial charge in [0.15, 0.2) is 11.0 Å². The second-order valence-electron chi connectivity index (χ2n) is 4.07. The molecule has 2 rings (SSSR count). The summed E-state index contributed by atoms with van der Waals surface area (Å²) in [6.07, 6.45) is 1.50. The van der Waals surface area contributed by atoms with E-state index in [1.54, 1.807) is 0 Å². The molecule has 1 saturated carbocycles. The van der Waals surface area contributed by atoms with Crippen molar-refractivity contribution in [2.24, 2.45) is 5.92 Å². The Morgan fingerprint density at radius 3 is 2.69 bits per heavy atom. The molecule has 0 bridgehead atoms. The van der Waals surface area contributed by atoms with Crippen LogP contribution in [0.1, 0.15) is 12.8 Å². The lowest BCUT2D eigenvalue weighted by atomic mass is 9.82. The lowest BCUT2D eigenvalue weighted by molar-refractivity contribution is 0.0464. The highest BCUT2D eigenvalue weighted by atomic mass is 35.5.